The molecule has 0 heterocycles. The largest absolute Gasteiger partial charge is 0.398 e. The average molecular weight is 278 g/mol. The zero-order chi connectivity index (χ0) is 10.8. The summed E-state index contributed by atoms with van der Waals surface area (Å²) >= 11 is 3.26. The first-order chi connectivity index (χ1) is 6.44. The molecular weight excluding hydrogens is 266 g/mol. The van der Waals surface area contributed by atoms with E-state index in [2.05, 4.69) is 15.9 Å². The van der Waals surface area contributed by atoms with Gasteiger partial charge in [0.1, 0.15) is 0 Å². The Labute approximate surface area is 92.4 Å². The van der Waals surface area contributed by atoms with E-state index >= 15 is 0 Å². The first-order valence-corrected chi connectivity index (χ1v) is 6.80. The van der Waals surface area contributed by atoms with Crippen molar-refractivity contribution >= 4 is 31.5 Å². The van der Waals surface area contributed by atoms with Gasteiger partial charge in [0.05, 0.1) is 5.75 Å². The van der Waals surface area contributed by atoms with Crippen LogP contribution in [0, 0.1) is 0 Å². The Bertz CT molecular complexity index is 428. The number of rotatable bonds is 3. The Morgan fingerprint density at radius 1 is 1.43 bits per heavy atom. The maximum absolute atomic E-state index is 11.3. The number of anilines is 1. The number of halogens is 1. The van der Waals surface area contributed by atoms with Gasteiger partial charge in [0, 0.05) is 15.9 Å². The van der Waals surface area contributed by atoms with Gasteiger partial charge >= 0.3 is 0 Å². The monoisotopic (exact) mass is 277 g/mol. The highest BCUT2D eigenvalue weighted by Gasteiger charge is 2.11. The Hall–Kier alpha value is -0.550. The Morgan fingerprint density at radius 2 is 2.07 bits per heavy atom. The van der Waals surface area contributed by atoms with E-state index in [-0.39, 0.29) is 11.5 Å². The van der Waals surface area contributed by atoms with Crippen molar-refractivity contribution in [2.45, 2.75) is 12.7 Å². The predicted molar refractivity (Wildman–Crippen MR) is 61.7 cm³/mol. The lowest BCUT2D eigenvalue weighted by atomic mass is 10.2. The fourth-order valence-corrected chi connectivity index (χ4v) is 2.36. The number of nitrogens with two attached hydrogens (primary N) is 1. The first-order valence-electron chi connectivity index (χ1n) is 4.19. The minimum Gasteiger partial charge on any atom is -0.398 e. The lowest BCUT2D eigenvalue weighted by Gasteiger charge is -2.05. The van der Waals surface area contributed by atoms with E-state index < -0.39 is 9.84 Å². The van der Waals surface area contributed by atoms with Crippen molar-refractivity contribution < 1.29 is 8.42 Å². The minimum absolute atomic E-state index is 0.0165. The molecule has 0 saturated carbocycles. The molecule has 3 nitrogen and oxygen atoms in total. The van der Waals surface area contributed by atoms with Crippen molar-refractivity contribution in [1.29, 1.82) is 0 Å². The summed E-state index contributed by atoms with van der Waals surface area (Å²) in [7, 11) is -3.00. The van der Waals surface area contributed by atoms with Gasteiger partial charge in [-0.2, -0.15) is 0 Å². The van der Waals surface area contributed by atoms with E-state index in [9.17, 15) is 8.42 Å². The van der Waals surface area contributed by atoms with E-state index in [1.165, 1.54) is 0 Å². The smallest absolute Gasteiger partial charge is 0.154 e. The summed E-state index contributed by atoms with van der Waals surface area (Å²) < 4.78 is 23.5. The van der Waals surface area contributed by atoms with Crippen molar-refractivity contribution in [2.24, 2.45) is 0 Å². The second-order valence-electron chi connectivity index (χ2n) is 3.02. The van der Waals surface area contributed by atoms with Crippen LogP contribution in [-0.4, -0.2) is 14.2 Å². The number of benzene rings is 1. The molecule has 1 aromatic carbocycles. The average Bonchev–Trinajstić information content (AvgIpc) is 2.10. The molecule has 1 rings (SSSR count). The Balaban J connectivity index is 2.99. The van der Waals surface area contributed by atoms with E-state index in [1.807, 2.05) is 0 Å². The SMILES string of the molecule is CCS(=O)(=O)Cc1ccc(Br)cc1N. The highest BCUT2D eigenvalue weighted by Crippen LogP contribution is 2.20. The van der Waals surface area contributed by atoms with E-state index in [4.69, 9.17) is 5.73 Å². The maximum Gasteiger partial charge on any atom is 0.154 e. The molecule has 78 valence electrons. The third kappa shape index (κ3) is 2.99. The predicted octanol–water partition coefficient (Wildman–Crippen LogP) is 1.97. The summed E-state index contributed by atoms with van der Waals surface area (Å²) in [4.78, 5) is 0. The summed E-state index contributed by atoms with van der Waals surface area (Å²) in [6.45, 7) is 1.63. The summed E-state index contributed by atoms with van der Waals surface area (Å²) in [5, 5.41) is 0. The normalized spacial score (nSPS) is 11.6. The first kappa shape index (κ1) is 11.5. The summed E-state index contributed by atoms with van der Waals surface area (Å²) in [5.74, 6) is 0.158. The van der Waals surface area contributed by atoms with E-state index in [0.717, 1.165) is 4.47 Å². The molecule has 0 radical (unpaired) electrons. The lowest BCUT2D eigenvalue weighted by molar-refractivity contribution is 0.596. The second kappa shape index (κ2) is 4.31. The number of hydrogen-bond donors (Lipinski definition) is 1. The molecule has 0 saturated heterocycles. The Morgan fingerprint density at radius 3 is 2.57 bits per heavy atom. The molecule has 14 heavy (non-hydrogen) atoms. The van der Waals surface area contributed by atoms with Crippen molar-refractivity contribution in [1.82, 2.24) is 0 Å². The number of nitrogen functional groups attached to an aromatic ring is 1. The van der Waals surface area contributed by atoms with Gasteiger partial charge in [-0.15, -0.1) is 0 Å². The highest BCUT2D eigenvalue weighted by atomic mass is 79.9. The molecule has 1 aromatic rings. The van der Waals surface area contributed by atoms with Crippen LogP contribution < -0.4 is 5.73 Å². The van der Waals surface area contributed by atoms with Crippen LogP contribution in [0.15, 0.2) is 22.7 Å². The van der Waals surface area contributed by atoms with Crippen molar-refractivity contribution in [2.75, 3.05) is 11.5 Å². The number of hydrogen-bond acceptors (Lipinski definition) is 3. The number of sulfone groups is 1. The quantitative estimate of drug-likeness (QED) is 0.860. The fourth-order valence-electron chi connectivity index (χ4n) is 1.04. The van der Waals surface area contributed by atoms with Crippen LogP contribution in [0.2, 0.25) is 0 Å². The van der Waals surface area contributed by atoms with Crippen LogP contribution in [0.4, 0.5) is 5.69 Å². The third-order valence-corrected chi connectivity index (χ3v) is 4.05. The molecule has 0 fully saturated rings. The van der Waals surface area contributed by atoms with E-state index in [0.29, 0.717) is 11.3 Å². The van der Waals surface area contributed by atoms with Crippen molar-refractivity contribution in [3.8, 4) is 0 Å². The molecular formula is C9H12BrNO2S. The summed E-state index contributed by atoms with van der Waals surface area (Å²) in [6.07, 6.45) is 0. The summed E-state index contributed by atoms with van der Waals surface area (Å²) in [6, 6.07) is 5.23. The Kier molecular flexibility index (Phi) is 3.55. The van der Waals surface area contributed by atoms with Gasteiger partial charge in [0.2, 0.25) is 0 Å². The van der Waals surface area contributed by atoms with Crippen LogP contribution in [0.3, 0.4) is 0 Å². The molecule has 0 aliphatic rings. The summed E-state index contributed by atoms with van der Waals surface area (Å²) in [5.41, 5.74) is 6.86. The molecule has 0 amide bonds. The van der Waals surface area contributed by atoms with Gasteiger partial charge in [0.25, 0.3) is 0 Å². The van der Waals surface area contributed by atoms with Crippen LogP contribution in [0.1, 0.15) is 12.5 Å². The zero-order valence-electron chi connectivity index (χ0n) is 7.83. The molecule has 0 aliphatic carbocycles. The van der Waals surface area contributed by atoms with Gasteiger partial charge in [-0.05, 0) is 17.7 Å². The lowest BCUT2D eigenvalue weighted by Crippen LogP contribution is -2.08. The molecule has 0 aromatic heterocycles. The van der Waals surface area contributed by atoms with Crippen LogP contribution in [0.5, 0.6) is 0 Å². The van der Waals surface area contributed by atoms with Crippen molar-refractivity contribution in [3.63, 3.8) is 0 Å². The van der Waals surface area contributed by atoms with Gasteiger partial charge in [0.15, 0.2) is 9.84 Å². The fraction of sp³-hybridized carbons (Fsp3) is 0.333. The van der Waals surface area contributed by atoms with Crippen LogP contribution in [-0.2, 0) is 15.6 Å². The maximum atomic E-state index is 11.3. The zero-order valence-corrected chi connectivity index (χ0v) is 10.2. The van der Waals surface area contributed by atoms with Crippen LogP contribution >= 0.6 is 15.9 Å². The van der Waals surface area contributed by atoms with Crippen LogP contribution in [0.25, 0.3) is 0 Å². The molecule has 0 bridgehead atoms. The molecule has 0 spiro atoms. The minimum atomic E-state index is -3.00. The standard InChI is InChI=1S/C9H12BrNO2S/c1-2-14(12,13)6-7-3-4-8(10)5-9(7)11/h3-5H,2,6,11H2,1H3. The van der Waals surface area contributed by atoms with Crippen molar-refractivity contribution in [3.05, 3.63) is 28.2 Å². The highest BCUT2D eigenvalue weighted by molar-refractivity contribution is 9.10. The van der Waals surface area contributed by atoms with Gasteiger partial charge in [-0.25, -0.2) is 8.42 Å². The molecule has 0 aliphatic heterocycles. The van der Waals surface area contributed by atoms with E-state index in [1.54, 1.807) is 25.1 Å². The van der Waals surface area contributed by atoms with Gasteiger partial charge in [-0.1, -0.05) is 28.9 Å². The van der Waals surface area contributed by atoms with Gasteiger partial charge in [-0.3, -0.25) is 0 Å². The third-order valence-electron chi connectivity index (χ3n) is 1.92. The second-order valence-corrected chi connectivity index (χ2v) is 6.29. The molecule has 2 N–H and O–H groups in total. The molecule has 5 heteroatoms. The van der Waals surface area contributed by atoms with Gasteiger partial charge < -0.3 is 5.73 Å². The molecule has 0 atom stereocenters. The molecule has 0 unspecified atom stereocenters. The topological polar surface area (TPSA) is 60.2 Å².